The Bertz CT molecular complexity index is 665. The summed E-state index contributed by atoms with van der Waals surface area (Å²) in [5.41, 5.74) is 3.22. The zero-order valence-corrected chi connectivity index (χ0v) is 14.6. The highest BCUT2D eigenvalue weighted by molar-refractivity contribution is 7.09. The number of aromatic nitrogens is 2. The number of hydrogen-bond donors (Lipinski definition) is 0. The molecule has 5 heteroatoms. The predicted octanol–water partition coefficient (Wildman–Crippen LogP) is 3.18. The molecular formula is C18H23N3OS. The Morgan fingerprint density at radius 1 is 1.39 bits per heavy atom. The molecule has 0 aromatic carbocycles. The maximum atomic E-state index is 12.5. The number of amides is 1. The third-order valence-corrected chi connectivity index (χ3v) is 5.19. The summed E-state index contributed by atoms with van der Waals surface area (Å²) in [6, 6.07) is 4.22. The number of aryl methyl sites for hydroxylation is 2. The van der Waals surface area contributed by atoms with Crippen molar-refractivity contribution >= 4 is 17.2 Å². The third kappa shape index (κ3) is 4.38. The molecule has 0 spiro atoms. The Balaban J connectivity index is 1.57. The summed E-state index contributed by atoms with van der Waals surface area (Å²) in [5, 5.41) is 3.02. The molecular weight excluding hydrogens is 306 g/mol. The number of likely N-dealkylation sites (tertiary alicyclic amines) is 1. The molecule has 2 aromatic heterocycles. The number of thiazole rings is 1. The third-order valence-electron chi connectivity index (χ3n) is 4.37. The van der Waals surface area contributed by atoms with E-state index in [1.807, 2.05) is 30.3 Å². The number of carbonyl (C=O) groups is 1. The quantitative estimate of drug-likeness (QED) is 0.865. The molecule has 0 saturated carbocycles. The number of nitrogens with zero attached hydrogens (tertiary/aromatic N) is 3. The van der Waals surface area contributed by atoms with Crippen molar-refractivity contribution in [2.75, 3.05) is 13.1 Å². The first-order valence-corrected chi connectivity index (χ1v) is 9.08. The van der Waals surface area contributed by atoms with Crippen LogP contribution in [0.5, 0.6) is 0 Å². The molecule has 0 bridgehead atoms. The normalized spacial score (nSPS) is 18.2. The molecule has 4 nitrogen and oxygen atoms in total. The number of carbonyl (C=O) groups excluding carboxylic acids is 1. The van der Waals surface area contributed by atoms with Crippen LogP contribution in [0.25, 0.3) is 0 Å². The van der Waals surface area contributed by atoms with Crippen molar-refractivity contribution < 1.29 is 4.79 Å². The van der Waals surface area contributed by atoms with E-state index in [1.165, 1.54) is 12.0 Å². The van der Waals surface area contributed by atoms with Gasteiger partial charge in [0.05, 0.1) is 17.1 Å². The lowest BCUT2D eigenvalue weighted by atomic mass is 9.91. The standard InChI is InChI=1S/C18H23N3OS/c1-13-5-6-15(10-19-13)8-16-4-3-7-21(11-16)18(22)9-17-12-23-14(2)20-17/h5-6,10,12,16H,3-4,7-9,11H2,1-2H3. The average molecular weight is 329 g/mol. The van der Waals surface area contributed by atoms with Crippen molar-refractivity contribution in [3.05, 3.63) is 45.7 Å². The first-order valence-electron chi connectivity index (χ1n) is 8.20. The topological polar surface area (TPSA) is 46.1 Å². The van der Waals surface area contributed by atoms with Gasteiger partial charge in [-0.3, -0.25) is 9.78 Å². The highest BCUT2D eigenvalue weighted by Gasteiger charge is 2.24. The summed E-state index contributed by atoms with van der Waals surface area (Å²) < 4.78 is 0. The molecule has 0 N–H and O–H groups in total. The summed E-state index contributed by atoms with van der Waals surface area (Å²) in [4.78, 5) is 23.3. The van der Waals surface area contributed by atoms with E-state index < -0.39 is 0 Å². The van der Waals surface area contributed by atoms with Crippen molar-refractivity contribution in [2.24, 2.45) is 5.92 Å². The maximum absolute atomic E-state index is 12.5. The number of pyridine rings is 1. The lowest BCUT2D eigenvalue weighted by molar-refractivity contribution is -0.132. The van der Waals surface area contributed by atoms with E-state index in [-0.39, 0.29) is 5.91 Å². The Morgan fingerprint density at radius 2 is 2.26 bits per heavy atom. The van der Waals surface area contributed by atoms with Crippen LogP contribution in [0.1, 0.15) is 34.8 Å². The number of piperidine rings is 1. The Kier molecular flexibility index (Phi) is 5.06. The number of rotatable bonds is 4. The van der Waals surface area contributed by atoms with Crippen molar-refractivity contribution in [3.63, 3.8) is 0 Å². The first kappa shape index (κ1) is 16.1. The van der Waals surface area contributed by atoms with Crippen LogP contribution in [-0.4, -0.2) is 33.9 Å². The predicted molar refractivity (Wildman–Crippen MR) is 92.5 cm³/mol. The second-order valence-electron chi connectivity index (χ2n) is 6.39. The summed E-state index contributed by atoms with van der Waals surface area (Å²) in [7, 11) is 0. The first-order chi connectivity index (χ1) is 11.1. The van der Waals surface area contributed by atoms with Gasteiger partial charge in [-0.05, 0) is 50.7 Å². The van der Waals surface area contributed by atoms with Crippen LogP contribution in [-0.2, 0) is 17.6 Å². The van der Waals surface area contributed by atoms with Crippen molar-refractivity contribution in [3.8, 4) is 0 Å². The van der Waals surface area contributed by atoms with E-state index >= 15 is 0 Å². The van der Waals surface area contributed by atoms with Gasteiger partial charge in [0, 0.05) is 30.4 Å². The fourth-order valence-corrected chi connectivity index (χ4v) is 3.78. The zero-order valence-electron chi connectivity index (χ0n) is 13.8. The fraction of sp³-hybridized carbons (Fsp3) is 0.500. The van der Waals surface area contributed by atoms with Gasteiger partial charge < -0.3 is 4.90 Å². The molecule has 3 heterocycles. The Labute approximate surface area is 141 Å². The molecule has 1 aliphatic rings. The van der Waals surface area contributed by atoms with Gasteiger partial charge in [0.2, 0.25) is 5.91 Å². The minimum absolute atomic E-state index is 0.210. The van der Waals surface area contributed by atoms with Crippen LogP contribution >= 0.6 is 11.3 Å². The van der Waals surface area contributed by atoms with Gasteiger partial charge >= 0.3 is 0 Å². The monoisotopic (exact) mass is 329 g/mol. The zero-order chi connectivity index (χ0) is 16.2. The molecule has 1 fully saturated rings. The lowest BCUT2D eigenvalue weighted by Gasteiger charge is -2.33. The smallest absolute Gasteiger partial charge is 0.228 e. The van der Waals surface area contributed by atoms with Crippen LogP contribution < -0.4 is 0 Å². The molecule has 2 aromatic rings. The van der Waals surface area contributed by atoms with E-state index in [2.05, 4.69) is 22.1 Å². The maximum Gasteiger partial charge on any atom is 0.228 e. The largest absolute Gasteiger partial charge is 0.342 e. The van der Waals surface area contributed by atoms with Gasteiger partial charge in [0.15, 0.2) is 0 Å². The second kappa shape index (κ2) is 7.21. The van der Waals surface area contributed by atoms with E-state index in [1.54, 1.807) is 11.3 Å². The van der Waals surface area contributed by atoms with E-state index in [0.29, 0.717) is 12.3 Å². The SMILES string of the molecule is Cc1ccc(CC2CCCN(C(=O)Cc3csc(C)n3)C2)cn1. The number of hydrogen-bond acceptors (Lipinski definition) is 4. The summed E-state index contributed by atoms with van der Waals surface area (Å²) in [6.07, 6.45) is 5.68. The molecule has 3 rings (SSSR count). The molecule has 1 aliphatic heterocycles. The minimum Gasteiger partial charge on any atom is -0.342 e. The second-order valence-corrected chi connectivity index (χ2v) is 7.46. The molecule has 1 atom stereocenters. The highest BCUT2D eigenvalue weighted by Crippen LogP contribution is 2.21. The van der Waals surface area contributed by atoms with Crippen LogP contribution in [0, 0.1) is 19.8 Å². The van der Waals surface area contributed by atoms with Crippen LogP contribution in [0.2, 0.25) is 0 Å². The van der Waals surface area contributed by atoms with Crippen LogP contribution in [0.15, 0.2) is 23.7 Å². The van der Waals surface area contributed by atoms with E-state index in [9.17, 15) is 4.79 Å². The lowest BCUT2D eigenvalue weighted by Crippen LogP contribution is -2.41. The van der Waals surface area contributed by atoms with Crippen molar-refractivity contribution in [1.29, 1.82) is 0 Å². The minimum atomic E-state index is 0.210. The van der Waals surface area contributed by atoms with Crippen molar-refractivity contribution in [1.82, 2.24) is 14.9 Å². The summed E-state index contributed by atoms with van der Waals surface area (Å²) in [5.74, 6) is 0.747. The molecule has 0 radical (unpaired) electrons. The van der Waals surface area contributed by atoms with Crippen molar-refractivity contribution in [2.45, 2.75) is 39.5 Å². The fourth-order valence-electron chi connectivity index (χ4n) is 3.17. The van der Waals surface area contributed by atoms with Gasteiger partial charge in [-0.15, -0.1) is 11.3 Å². The van der Waals surface area contributed by atoms with Gasteiger partial charge in [-0.25, -0.2) is 4.98 Å². The molecule has 1 amide bonds. The molecule has 23 heavy (non-hydrogen) atoms. The van der Waals surface area contributed by atoms with Crippen LogP contribution in [0.4, 0.5) is 0 Å². The highest BCUT2D eigenvalue weighted by atomic mass is 32.1. The summed E-state index contributed by atoms with van der Waals surface area (Å²) in [6.45, 7) is 5.72. The molecule has 1 saturated heterocycles. The van der Waals surface area contributed by atoms with Crippen LogP contribution in [0.3, 0.4) is 0 Å². The van der Waals surface area contributed by atoms with Gasteiger partial charge in [0.25, 0.3) is 0 Å². The van der Waals surface area contributed by atoms with Gasteiger partial charge in [-0.2, -0.15) is 0 Å². The van der Waals surface area contributed by atoms with Gasteiger partial charge in [-0.1, -0.05) is 6.07 Å². The van der Waals surface area contributed by atoms with Gasteiger partial charge in [0.1, 0.15) is 0 Å². The van der Waals surface area contributed by atoms with E-state index in [0.717, 1.165) is 42.3 Å². The molecule has 122 valence electrons. The average Bonchev–Trinajstić information content (AvgIpc) is 2.95. The van der Waals surface area contributed by atoms with E-state index in [4.69, 9.17) is 0 Å². The molecule has 0 aliphatic carbocycles. The summed E-state index contributed by atoms with van der Waals surface area (Å²) >= 11 is 1.61. The Hall–Kier alpha value is -1.75. The molecule has 1 unspecified atom stereocenters. The Morgan fingerprint density at radius 3 is 2.96 bits per heavy atom.